The van der Waals surface area contributed by atoms with Crippen molar-refractivity contribution in [1.82, 2.24) is 14.1 Å². The van der Waals surface area contributed by atoms with E-state index < -0.39 is 6.10 Å². The molecule has 0 spiro atoms. The fourth-order valence-electron chi connectivity index (χ4n) is 3.72. The Bertz CT molecular complexity index is 1200. The highest BCUT2D eigenvalue weighted by atomic mass is 35.5. The van der Waals surface area contributed by atoms with Gasteiger partial charge in [0.1, 0.15) is 0 Å². The molecule has 0 saturated carbocycles. The van der Waals surface area contributed by atoms with E-state index in [0.29, 0.717) is 22.3 Å². The van der Waals surface area contributed by atoms with Gasteiger partial charge in [0, 0.05) is 43.2 Å². The second-order valence-corrected chi connectivity index (χ2v) is 7.89. The van der Waals surface area contributed by atoms with Gasteiger partial charge in [-0.05, 0) is 56.3 Å². The summed E-state index contributed by atoms with van der Waals surface area (Å²) in [7, 11) is 0. The number of hydrogen-bond donors (Lipinski definition) is 1. The van der Waals surface area contributed by atoms with Crippen molar-refractivity contribution in [3.63, 3.8) is 0 Å². The molecule has 144 valence electrons. The van der Waals surface area contributed by atoms with Crippen molar-refractivity contribution in [3.05, 3.63) is 74.4 Å². The standard InChI is InChI=1S/C21H19Cl2N3O2/c1-12-7-13(2)25(21(28)24-12)10-16(27)11-26-19-5-3-14(22)8-17(19)18-9-15(23)4-6-20(18)26/h3-9,16,27H,10-11H2,1-2H3/t16-/m0/s1. The van der Waals surface area contributed by atoms with Crippen LogP contribution in [0.1, 0.15) is 11.4 Å². The summed E-state index contributed by atoms with van der Waals surface area (Å²) >= 11 is 12.4. The van der Waals surface area contributed by atoms with E-state index in [2.05, 4.69) is 4.98 Å². The Balaban J connectivity index is 1.76. The number of aliphatic hydroxyl groups excluding tert-OH is 1. The molecular formula is C21H19Cl2N3O2. The largest absolute Gasteiger partial charge is 0.389 e. The SMILES string of the molecule is Cc1cc(C)n(C[C@H](O)Cn2c3ccc(Cl)cc3c3cc(Cl)ccc32)c(=O)n1. The lowest BCUT2D eigenvalue weighted by Crippen LogP contribution is -2.32. The van der Waals surface area contributed by atoms with Gasteiger partial charge in [0.05, 0.1) is 19.2 Å². The molecule has 0 bridgehead atoms. The van der Waals surface area contributed by atoms with Crippen LogP contribution in [0.5, 0.6) is 0 Å². The molecule has 28 heavy (non-hydrogen) atoms. The molecule has 0 unspecified atom stereocenters. The Hall–Kier alpha value is -2.34. The van der Waals surface area contributed by atoms with Crippen LogP contribution in [0.15, 0.2) is 47.3 Å². The molecule has 5 nitrogen and oxygen atoms in total. The quantitative estimate of drug-likeness (QED) is 0.539. The number of aliphatic hydroxyl groups is 1. The Morgan fingerprint density at radius 2 is 1.46 bits per heavy atom. The van der Waals surface area contributed by atoms with E-state index in [0.717, 1.165) is 27.5 Å². The van der Waals surface area contributed by atoms with Gasteiger partial charge in [-0.2, -0.15) is 4.98 Å². The molecule has 1 atom stereocenters. The highest BCUT2D eigenvalue weighted by Gasteiger charge is 2.16. The predicted molar refractivity (Wildman–Crippen MR) is 113 cm³/mol. The van der Waals surface area contributed by atoms with Gasteiger partial charge in [-0.3, -0.25) is 4.57 Å². The summed E-state index contributed by atoms with van der Waals surface area (Å²) in [6.45, 7) is 4.11. The van der Waals surface area contributed by atoms with Gasteiger partial charge in [0.2, 0.25) is 0 Å². The molecule has 0 fully saturated rings. The average molecular weight is 416 g/mol. The molecule has 0 aliphatic carbocycles. The van der Waals surface area contributed by atoms with Crippen molar-refractivity contribution < 1.29 is 5.11 Å². The van der Waals surface area contributed by atoms with Crippen LogP contribution in [0.2, 0.25) is 10.0 Å². The van der Waals surface area contributed by atoms with E-state index in [4.69, 9.17) is 23.2 Å². The molecule has 2 aromatic heterocycles. The van der Waals surface area contributed by atoms with Crippen molar-refractivity contribution in [2.24, 2.45) is 0 Å². The predicted octanol–water partition coefficient (Wildman–Crippen LogP) is 4.34. The molecule has 0 aliphatic rings. The van der Waals surface area contributed by atoms with Crippen LogP contribution in [0.25, 0.3) is 21.8 Å². The molecule has 0 radical (unpaired) electrons. The third-order valence-corrected chi connectivity index (χ3v) is 5.39. The minimum Gasteiger partial charge on any atom is -0.389 e. The maximum Gasteiger partial charge on any atom is 0.348 e. The zero-order valence-electron chi connectivity index (χ0n) is 15.5. The Morgan fingerprint density at radius 3 is 2.00 bits per heavy atom. The molecule has 0 aliphatic heterocycles. The lowest BCUT2D eigenvalue weighted by atomic mass is 10.1. The number of rotatable bonds is 4. The van der Waals surface area contributed by atoms with Gasteiger partial charge in [-0.25, -0.2) is 4.79 Å². The number of hydrogen-bond acceptors (Lipinski definition) is 3. The van der Waals surface area contributed by atoms with Crippen LogP contribution in [0.3, 0.4) is 0 Å². The number of aromatic nitrogens is 3. The first-order valence-electron chi connectivity index (χ1n) is 8.93. The fourth-order valence-corrected chi connectivity index (χ4v) is 4.07. The first-order valence-corrected chi connectivity index (χ1v) is 9.69. The van der Waals surface area contributed by atoms with Gasteiger partial charge >= 0.3 is 5.69 Å². The van der Waals surface area contributed by atoms with E-state index >= 15 is 0 Å². The normalized spacial score (nSPS) is 12.8. The summed E-state index contributed by atoms with van der Waals surface area (Å²) in [4.78, 5) is 16.2. The molecule has 0 amide bonds. The summed E-state index contributed by atoms with van der Waals surface area (Å²) in [6.07, 6.45) is -0.772. The number of nitrogens with zero attached hydrogens (tertiary/aromatic N) is 3. The van der Waals surface area contributed by atoms with Crippen LogP contribution < -0.4 is 5.69 Å². The van der Waals surface area contributed by atoms with Gasteiger partial charge in [0.25, 0.3) is 0 Å². The maximum absolute atomic E-state index is 12.2. The summed E-state index contributed by atoms with van der Waals surface area (Å²) in [5.74, 6) is 0. The lowest BCUT2D eigenvalue weighted by molar-refractivity contribution is 0.134. The first-order chi connectivity index (χ1) is 13.3. The zero-order valence-corrected chi connectivity index (χ0v) is 17.0. The maximum atomic E-state index is 12.2. The molecule has 4 rings (SSSR count). The highest BCUT2D eigenvalue weighted by Crippen LogP contribution is 2.33. The van der Waals surface area contributed by atoms with Crippen molar-refractivity contribution in [2.75, 3.05) is 0 Å². The van der Waals surface area contributed by atoms with Gasteiger partial charge in [0.15, 0.2) is 0 Å². The average Bonchev–Trinajstić information content (AvgIpc) is 2.90. The Labute approximate surface area is 171 Å². The molecule has 2 aromatic carbocycles. The molecule has 7 heteroatoms. The van der Waals surface area contributed by atoms with Crippen molar-refractivity contribution in [1.29, 1.82) is 0 Å². The minimum absolute atomic E-state index is 0.167. The van der Waals surface area contributed by atoms with E-state index in [9.17, 15) is 9.90 Å². The molecule has 4 aromatic rings. The highest BCUT2D eigenvalue weighted by molar-refractivity contribution is 6.33. The Morgan fingerprint density at radius 1 is 0.929 bits per heavy atom. The second kappa shape index (κ2) is 7.24. The van der Waals surface area contributed by atoms with Crippen LogP contribution in [-0.2, 0) is 13.1 Å². The Kier molecular flexibility index (Phi) is 4.91. The summed E-state index contributed by atoms with van der Waals surface area (Å²) in [5.41, 5.74) is 3.00. The number of fused-ring (bicyclic) bond motifs is 3. The van der Waals surface area contributed by atoms with Crippen molar-refractivity contribution >= 4 is 45.0 Å². The van der Waals surface area contributed by atoms with Gasteiger partial charge in [-0.15, -0.1) is 0 Å². The van der Waals surface area contributed by atoms with Crippen LogP contribution in [0.4, 0.5) is 0 Å². The van der Waals surface area contributed by atoms with E-state index in [1.54, 1.807) is 6.92 Å². The fraction of sp³-hybridized carbons (Fsp3) is 0.238. The first kappa shape index (κ1) is 19.0. The van der Waals surface area contributed by atoms with E-state index in [-0.39, 0.29) is 12.2 Å². The number of halogens is 2. The smallest absolute Gasteiger partial charge is 0.348 e. The summed E-state index contributed by atoms with van der Waals surface area (Å²) in [5, 5.41) is 14.0. The zero-order chi connectivity index (χ0) is 20.0. The van der Waals surface area contributed by atoms with Crippen LogP contribution in [0, 0.1) is 13.8 Å². The van der Waals surface area contributed by atoms with Crippen molar-refractivity contribution in [2.45, 2.75) is 33.0 Å². The topological polar surface area (TPSA) is 60.0 Å². The molecule has 0 saturated heterocycles. The second-order valence-electron chi connectivity index (χ2n) is 7.02. The van der Waals surface area contributed by atoms with E-state index in [1.807, 2.05) is 54.0 Å². The molecule has 2 heterocycles. The van der Waals surface area contributed by atoms with Crippen LogP contribution in [-0.4, -0.2) is 25.3 Å². The number of benzene rings is 2. The third-order valence-electron chi connectivity index (χ3n) is 4.92. The van der Waals surface area contributed by atoms with Gasteiger partial charge in [-0.1, -0.05) is 23.2 Å². The van der Waals surface area contributed by atoms with Gasteiger partial charge < -0.3 is 9.67 Å². The summed E-state index contributed by atoms with van der Waals surface area (Å²) < 4.78 is 3.53. The third kappa shape index (κ3) is 3.41. The number of aryl methyl sites for hydroxylation is 2. The molecular weight excluding hydrogens is 397 g/mol. The van der Waals surface area contributed by atoms with E-state index in [1.165, 1.54) is 4.57 Å². The summed E-state index contributed by atoms with van der Waals surface area (Å²) in [6, 6.07) is 13.1. The monoisotopic (exact) mass is 415 g/mol. The van der Waals surface area contributed by atoms with Crippen LogP contribution >= 0.6 is 23.2 Å². The van der Waals surface area contributed by atoms with Crippen molar-refractivity contribution in [3.8, 4) is 0 Å². The minimum atomic E-state index is -0.772. The lowest BCUT2D eigenvalue weighted by Gasteiger charge is -2.17. The molecule has 1 N–H and O–H groups in total.